The predicted octanol–water partition coefficient (Wildman–Crippen LogP) is 3.01. The first kappa shape index (κ1) is 21.1. The topological polar surface area (TPSA) is 97.5 Å². The molecule has 0 spiro atoms. The predicted molar refractivity (Wildman–Crippen MR) is 127 cm³/mol. The Morgan fingerprint density at radius 1 is 1.03 bits per heavy atom. The first-order valence-corrected chi connectivity index (χ1v) is 11.7. The summed E-state index contributed by atoms with van der Waals surface area (Å²) in [6.45, 7) is 0.183. The number of hydrogen-bond acceptors (Lipinski definition) is 5. The van der Waals surface area contributed by atoms with Crippen molar-refractivity contribution in [3.63, 3.8) is 0 Å². The van der Waals surface area contributed by atoms with Gasteiger partial charge >= 0.3 is 5.69 Å². The van der Waals surface area contributed by atoms with Crippen molar-refractivity contribution in [1.29, 1.82) is 0 Å². The number of rotatable bonds is 6. The van der Waals surface area contributed by atoms with E-state index >= 15 is 0 Å². The summed E-state index contributed by atoms with van der Waals surface area (Å²) in [5, 5.41) is 10.6. The number of nitrogens with zero attached hydrogens (tertiary/aromatic N) is 3. The van der Waals surface area contributed by atoms with Gasteiger partial charge in [0, 0.05) is 17.6 Å². The van der Waals surface area contributed by atoms with E-state index in [-0.39, 0.29) is 18.1 Å². The van der Waals surface area contributed by atoms with Crippen LogP contribution in [0.4, 0.5) is 5.00 Å². The third kappa shape index (κ3) is 4.31. The molecular weight excluding hydrogens is 438 g/mol. The van der Waals surface area contributed by atoms with E-state index in [2.05, 4.69) is 15.7 Å². The fourth-order valence-corrected chi connectivity index (χ4v) is 5.44. The van der Waals surface area contributed by atoms with Gasteiger partial charge in [0.25, 0.3) is 5.91 Å². The Labute approximate surface area is 193 Å². The summed E-state index contributed by atoms with van der Waals surface area (Å²) in [5.41, 5.74) is 2.67. The highest BCUT2D eigenvalue weighted by atomic mass is 32.1. The average molecular weight is 462 g/mol. The smallest absolute Gasteiger partial charge is 0.348 e. The fraction of sp³-hybridized carbons (Fsp3) is 0.250. The number of aromatic nitrogens is 3. The van der Waals surface area contributed by atoms with E-state index in [1.54, 1.807) is 24.4 Å². The summed E-state index contributed by atoms with van der Waals surface area (Å²) in [6, 6.07) is 14.9. The summed E-state index contributed by atoms with van der Waals surface area (Å²) in [5.74, 6) is -0.588. The van der Waals surface area contributed by atoms with Crippen LogP contribution in [0.15, 0.2) is 59.5 Å². The second-order valence-corrected chi connectivity index (χ2v) is 9.11. The Hall–Kier alpha value is -3.72. The molecule has 0 saturated carbocycles. The minimum Gasteiger partial charge on any atom is -0.348 e. The molecule has 0 aliphatic heterocycles. The highest BCUT2D eigenvalue weighted by molar-refractivity contribution is 7.17. The van der Waals surface area contributed by atoms with E-state index in [4.69, 9.17) is 0 Å². The lowest BCUT2D eigenvalue weighted by Crippen LogP contribution is -2.29. The van der Waals surface area contributed by atoms with Gasteiger partial charge in [0.2, 0.25) is 5.91 Å². The molecule has 1 aliphatic carbocycles. The van der Waals surface area contributed by atoms with Crippen molar-refractivity contribution in [2.75, 3.05) is 5.32 Å². The van der Waals surface area contributed by atoms with Crippen molar-refractivity contribution < 1.29 is 9.59 Å². The second kappa shape index (κ2) is 9.03. The molecule has 0 fully saturated rings. The largest absolute Gasteiger partial charge is 0.350 e. The molecule has 2 amide bonds. The number of amides is 2. The van der Waals surface area contributed by atoms with E-state index in [0.717, 1.165) is 46.4 Å². The standard InChI is InChI=1S/C24H23N5O3S/c30-20(15-29-24(32)28-13-7-6-12-19(28)27-29)26-23-21(17-10-4-5-11-18(17)33-23)22(31)25-14-16-8-2-1-3-9-16/h1-3,6-9,12-13H,4-5,10-11,14-15H2,(H,25,31)(H,26,30). The monoisotopic (exact) mass is 461 g/mol. The van der Waals surface area contributed by atoms with Crippen LogP contribution >= 0.6 is 11.3 Å². The van der Waals surface area contributed by atoms with Crippen LogP contribution in [0.3, 0.4) is 0 Å². The molecule has 8 nitrogen and oxygen atoms in total. The zero-order chi connectivity index (χ0) is 22.8. The molecule has 0 saturated heterocycles. The zero-order valence-corrected chi connectivity index (χ0v) is 18.7. The molecule has 4 aromatic rings. The molecule has 0 bridgehead atoms. The molecule has 0 atom stereocenters. The molecule has 1 aromatic carbocycles. The third-order valence-electron chi connectivity index (χ3n) is 5.73. The highest BCUT2D eigenvalue weighted by Crippen LogP contribution is 2.38. The third-order valence-corrected chi connectivity index (χ3v) is 6.94. The van der Waals surface area contributed by atoms with Gasteiger partial charge in [-0.1, -0.05) is 36.4 Å². The maximum atomic E-state index is 13.2. The van der Waals surface area contributed by atoms with Crippen LogP contribution in [-0.2, 0) is 30.7 Å². The summed E-state index contributed by atoms with van der Waals surface area (Å²) in [4.78, 5) is 39.6. The number of carbonyl (C=O) groups is 2. The van der Waals surface area contributed by atoms with Gasteiger partial charge < -0.3 is 10.6 Å². The van der Waals surface area contributed by atoms with E-state index in [0.29, 0.717) is 22.8 Å². The lowest BCUT2D eigenvalue weighted by Gasteiger charge is -2.13. The number of benzene rings is 1. The lowest BCUT2D eigenvalue weighted by atomic mass is 9.95. The Bertz CT molecular complexity index is 1390. The van der Waals surface area contributed by atoms with Gasteiger partial charge in [-0.2, -0.15) is 0 Å². The Balaban J connectivity index is 1.37. The van der Waals surface area contributed by atoms with Crippen LogP contribution < -0.4 is 16.3 Å². The Kier molecular flexibility index (Phi) is 5.78. The van der Waals surface area contributed by atoms with Gasteiger partial charge in [-0.25, -0.2) is 9.48 Å². The summed E-state index contributed by atoms with van der Waals surface area (Å²) in [6.07, 6.45) is 5.43. The molecular formula is C24H23N5O3S. The number of pyridine rings is 1. The molecule has 0 unspecified atom stereocenters. The quantitative estimate of drug-likeness (QED) is 0.461. The van der Waals surface area contributed by atoms with E-state index in [1.165, 1.54) is 15.7 Å². The van der Waals surface area contributed by atoms with Crippen LogP contribution in [-0.4, -0.2) is 26.0 Å². The first-order chi connectivity index (χ1) is 16.1. The van der Waals surface area contributed by atoms with Gasteiger partial charge in [0.05, 0.1) is 5.56 Å². The van der Waals surface area contributed by atoms with Crippen LogP contribution in [0.5, 0.6) is 0 Å². The van der Waals surface area contributed by atoms with Crippen molar-refractivity contribution >= 4 is 33.8 Å². The molecule has 2 N–H and O–H groups in total. The fourth-order valence-electron chi connectivity index (χ4n) is 4.13. The number of carbonyl (C=O) groups excluding carboxylic acids is 2. The zero-order valence-electron chi connectivity index (χ0n) is 17.9. The average Bonchev–Trinajstić information content (AvgIpc) is 3.35. The van der Waals surface area contributed by atoms with Gasteiger partial charge in [-0.05, 0) is 48.9 Å². The number of fused-ring (bicyclic) bond motifs is 2. The van der Waals surface area contributed by atoms with Gasteiger partial charge in [-0.15, -0.1) is 16.4 Å². The minimum absolute atomic E-state index is 0.196. The number of anilines is 1. The van der Waals surface area contributed by atoms with E-state index in [1.807, 2.05) is 30.3 Å². The molecule has 3 aromatic heterocycles. The SMILES string of the molecule is O=C(Cn1nc2ccccn2c1=O)Nc1sc2c(c1C(=O)NCc1ccccc1)CCCC2. The van der Waals surface area contributed by atoms with Gasteiger partial charge in [-0.3, -0.25) is 14.0 Å². The molecule has 168 valence electrons. The molecule has 3 heterocycles. The van der Waals surface area contributed by atoms with Crippen molar-refractivity contribution in [3.8, 4) is 0 Å². The minimum atomic E-state index is -0.392. The Morgan fingerprint density at radius 2 is 1.82 bits per heavy atom. The lowest BCUT2D eigenvalue weighted by molar-refractivity contribution is -0.116. The maximum absolute atomic E-state index is 13.2. The van der Waals surface area contributed by atoms with Crippen molar-refractivity contribution in [2.24, 2.45) is 0 Å². The number of nitrogens with one attached hydrogen (secondary N) is 2. The van der Waals surface area contributed by atoms with Gasteiger partial charge in [0.1, 0.15) is 11.5 Å². The summed E-state index contributed by atoms with van der Waals surface area (Å²) in [7, 11) is 0. The van der Waals surface area contributed by atoms with Crippen LogP contribution in [0.25, 0.3) is 5.65 Å². The van der Waals surface area contributed by atoms with Crippen LogP contribution in [0.1, 0.15) is 39.2 Å². The highest BCUT2D eigenvalue weighted by Gasteiger charge is 2.26. The molecule has 1 aliphatic rings. The van der Waals surface area contributed by atoms with Gasteiger partial charge in [0.15, 0.2) is 5.65 Å². The summed E-state index contributed by atoms with van der Waals surface area (Å²) >= 11 is 1.45. The van der Waals surface area contributed by atoms with Crippen molar-refractivity contribution in [1.82, 2.24) is 19.5 Å². The second-order valence-electron chi connectivity index (χ2n) is 8.00. The van der Waals surface area contributed by atoms with Crippen molar-refractivity contribution in [3.05, 3.63) is 86.8 Å². The maximum Gasteiger partial charge on any atom is 0.350 e. The summed E-state index contributed by atoms with van der Waals surface area (Å²) < 4.78 is 2.52. The first-order valence-electron chi connectivity index (χ1n) is 10.9. The van der Waals surface area contributed by atoms with Crippen molar-refractivity contribution in [2.45, 2.75) is 38.8 Å². The van der Waals surface area contributed by atoms with Crippen LogP contribution in [0, 0.1) is 0 Å². The molecule has 33 heavy (non-hydrogen) atoms. The Morgan fingerprint density at radius 3 is 2.64 bits per heavy atom. The van der Waals surface area contributed by atoms with E-state index in [9.17, 15) is 14.4 Å². The van der Waals surface area contributed by atoms with E-state index < -0.39 is 5.91 Å². The molecule has 9 heteroatoms. The number of hydrogen-bond donors (Lipinski definition) is 2. The van der Waals surface area contributed by atoms with Crippen LogP contribution in [0.2, 0.25) is 0 Å². The molecule has 5 rings (SSSR count). The normalized spacial score (nSPS) is 13.0. The number of thiophene rings is 1. The number of aryl methyl sites for hydroxylation is 1. The molecule has 0 radical (unpaired) electrons.